The molecule has 0 aromatic heterocycles. The SMILES string of the molecule is O=S(O)C1CS1. The molecule has 1 aliphatic rings. The van der Waals surface area contributed by atoms with Gasteiger partial charge in [0.2, 0.25) is 0 Å². The smallest absolute Gasteiger partial charge is 0.167 e. The topological polar surface area (TPSA) is 37.3 Å². The molecule has 1 heterocycles. The van der Waals surface area contributed by atoms with Crippen LogP contribution in [0.2, 0.25) is 0 Å². The summed E-state index contributed by atoms with van der Waals surface area (Å²) in [5.74, 6) is 0.864. The normalized spacial score (nSPS) is 35.8. The quantitative estimate of drug-likeness (QED) is 0.403. The van der Waals surface area contributed by atoms with Gasteiger partial charge in [-0.3, -0.25) is 0 Å². The number of thioether (sulfide) groups is 1. The van der Waals surface area contributed by atoms with Gasteiger partial charge in [-0.2, -0.15) is 0 Å². The van der Waals surface area contributed by atoms with E-state index in [0.717, 1.165) is 5.75 Å². The van der Waals surface area contributed by atoms with Gasteiger partial charge < -0.3 is 4.55 Å². The van der Waals surface area contributed by atoms with Gasteiger partial charge in [-0.15, -0.1) is 11.8 Å². The molecule has 36 valence electrons. The molecule has 0 amide bonds. The van der Waals surface area contributed by atoms with Gasteiger partial charge in [0.1, 0.15) is 4.58 Å². The van der Waals surface area contributed by atoms with Gasteiger partial charge >= 0.3 is 0 Å². The Balaban J connectivity index is 2.31. The van der Waals surface area contributed by atoms with Gasteiger partial charge in [0.25, 0.3) is 0 Å². The van der Waals surface area contributed by atoms with Crippen LogP contribution < -0.4 is 0 Å². The second kappa shape index (κ2) is 1.52. The van der Waals surface area contributed by atoms with Crippen LogP contribution in [0.1, 0.15) is 0 Å². The standard InChI is InChI=1S/C2H4O2S2/c3-6(4)2-1-5-2/h2H,1H2,(H,3,4). The summed E-state index contributed by atoms with van der Waals surface area (Å²) >= 11 is -0.0170. The van der Waals surface area contributed by atoms with Crippen molar-refractivity contribution in [3.63, 3.8) is 0 Å². The molecule has 2 unspecified atom stereocenters. The van der Waals surface area contributed by atoms with E-state index in [1.807, 2.05) is 0 Å². The van der Waals surface area contributed by atoms with Crippen molar-refractivity contribution < 1.29 is 8.76 Å². The van der Waals surface area contributed by atoms with Crippen molar-refractivity contribution in [3.05, 3.63) is 0 Å². The zero-order chi connectivity index (χ0) is 4.57. The van der Waals surface area contributed by atoms with Gasteiger partial charge in [-0.1, -0.05) is 0 Å². The highest BCUT2D eigenvalue weighted by Gasteiger charge is 2.28. The van der Waals surface area contributed by atoms with Crippen LogP contribution in [0.25, 0.3) is 0 Å². The second-order valence-corrected chi connectivity index (χ2v) is 3.69. The highest BCUT2D eigenvalue weighted by Crippen LogP contribution is 2.31. The third-order valence-electron chi connectivity index (χ3n) is 0.528. The molecule has 0 spiro atoms. The van der Waals surface area contributed by atoms with Crippen LogP contribution in [-0.2, 0) is 11.1 Å². The second-order valence-electron chi connectivity index (χ2n) is 1.04. The van der Waals surface area contributed by atoms with Crippen molar-refractivity contribution in [3.8, 4) is 0 Å². The summed E-state index contributed by atoms with van der Waals surface area (Å²) in [6.45, 7) is 0. The van der Waals surface area contributed by atoms with Crippen LogP contribution in [0.15, 0.2) is 0 Å². The first-order chi connectivity index (χ1) is 2.80. The van der Waals surface area contributed by atoms with E-state index in [9.17, 15) is 4.21 Å². The maximum absolute atomic E-state index is 9.85. The van der Waals surface area contributed by atoms with Gasteiger partial charge in [-0.25, -0.2) is 4.21 Å². The van der Waals surface area contributed by atoms with Gasteiger partial charge in [-0.05, 0) is 0 Å². The number of hydrogen-bond donors (Lipinski definition) is 1. The molecule has 0 bridgehead atoms. The Kier molecular flexibility index (Phi) is 1.17. The minimum absolute atomic E-state index is 0.0463. The first kappa shape index (κ1) is 4.61. The van der Waals surface area contributed by atoms with Crippen molar-refractivity contribution in [1.29, 1.82) is 0 Å². The minimum Gasteiger partial charge on any atom is -0.305 e. The molecule has 2 atom stereocenters. The van der Waals surface area contributed by atoms with Gasteiger partial charge in [0.15, 0.2) is 11.1 Å². The summed E-state index contributed by atoms with van der Waals surface area (Å²) in [5.41, 5.74) is 0. The lowest BCUT2D eigenvalue weighted by molar-refractivity contribution is 0.565. The first-order valence-electron chi connectivity index (χ1n) is 1.52. The third kappa shape index (κ3) is 0.959. The lowest BCUT2D eigenvalue weighted by Crippen LogP contribution is -1.91. The molecule has 1 rings (SSSR count). The maximum Gasteiger partial charge on any atom is 0.167 e. The molecule has 1 saturated heterocycles. The Bertz CT molecular complexity index is 77.6. The summed E-state index contributed by atoms with van der Waals surface area (Å²) in [7, 11) is 0. The number of hydrogen-bond acceptors (Lipinski definition) is 2. The molecule has 0 saturated carbocycles. The molecule has 0 aliphatic carbocycles. The van der Waals surface area contributed by atoms with E-state index in [-0.39, 0.29) is 4.58 Å². The molecule has 2 nitrogen and oxygen atoms in total. The Labute approximate surface area is 42.6 Å². The molecular formula is C2H4O2S2. The van der Waals surface area contributed by atoms with Crippen molar-refractivity contribution in [2.24, 2.45) is 0 Å². The van der Waals surface area contributed by atoms with Gasteiger partial charge in [0.05, 0.1) is 0 Å². The Morgan fingerprint density at radius 2 is 2.50 bits per heavy atom. The summed E-state index contributed by atoms with van der Waals surface area (Å²) in [6.07, 6.45) is 0. The lowest BCUT2D eigenvalue weighted by Gasteiger charge is -1.75. The van der Waals surface area contributed by atoms with Crippen LogP contribution >= 0.6 is 11.8 Å². The van der Waals surface area contributed by atoms with Crippen LogP contribution in [0.5, 0.6) is 0 Å². The van der Waals surface area contributed by atoms with Crippen molar-refractivity contribution in [1.82, 2.24) is 0 Å². The van der Waals surface area contributed by atoms with E-state index in [4.69, 9.17) is 4.55 Å². The molecule has 0 radical (unpaired) electrons. The maximum atomic E-state index is 9.85. The van der Waals surface area contributed by atoms with E-state index in [2.05, 4.69) is 0 Å². The van der Waals surface area contributed by atoms with Gasteiger partial charge in [0, 0.05) is 5.75 Å². The molecule has 4 heteroatoms. The van der Waals surface area contributed by atoms with Crippen molar-refractivity contribution in [2.75, 3.05) is 5.75 Å². The molecule has 1 N–H and O–H groups in total. The van der Waals surface area contributed by atoms with E-state index < -0.39 is 11.1 Å². The fourth-order valence-electron chi connectivity index (χ4n) is 0.156. The first-order valence-corrected chi connectivity index (χ1v) is 3.74. The Morgan fingerprint density at radius 1 is 2.00 bits per heavy atom. The summed E-state index contributed by atoms with van der Waals surface area (Å²) in [5, 5.41) is 0. The minimum atomic E-state index is -1.54. The van der Waals surface area contributed by atoms with Crippen molar-refractivity contribution >= 4 is 22.8 Å². The predicted octanol–water partition coefficient (Wildman–Crippen LogP) is 0.281. The summed E-state index contributed by atoms with van der Waals surface area (Å²) in [4.78, 5) is 0. The van der Waals surface area contributed by atoms with E-state index >= 15 is 0 Å². The molecular weight excluding hydrogens is 120 g/mol. The highest BCUT2D eigenvalue weighted by atomic mass is 32.2. The number of rotatable bonds is 1. The average Bonchev–Trinajstić information content (AvgIpc) is 2.06. The zero-order valence-corrected chi connectivity index (χ0v) is 4.59. The predicted molar refractivity (Wildman–Crippen MR) is 27.0 cm³/mol. The third-order valence-corrected chi connectivity index (χ3v) is 2.89. The Hall–Kier alpha value is 0.460. The molecule has 0 aromatic rings. The van der Waals surface area contributed by atoms with Crippen molar-refractivity contribution in [2.45, 2.75) is 4.58 Å². The van der Waals surface area contributed by atoms with E-state index in [1.165, 1.54) is 11.8 Å². The molecule has 0 aromatic carbocycles. The largest absolute Gasteiger partial charge is 0.305 e. The van der Waals surface area contributed by atoms with Crippen LogP contribution in [0, 0.1) is 0 Å². The monoisotopic (exact) mass is 124 g/mol. The summed E-state index contributed by atoms with van der Waals surface area (Å²) < 4.78 is 18.0. The van der Waals surface area contributed by atoms with E-state index in [1.54, 1.807) is 0 Å². The van der Waals surface area contributed by atoms with Crippen LogP contribution in [-0.4, -0.2) is 19.1 Å². The fraction of sp³-hybridized carbons (Fsp3) is 1.00. The fourth-order valence-corrected chi connectivity index (χ4v) is 1.40. The molecule has 1 fully saturated rings. The Morgan fingerprint density at radius 3 is 2.50 bits per heavy atom. The average molecular weight is 124 g/mol. The zero-order valence-electron chi connectivity index (χ0n) is 2.96. The van der Waals surface area contributed by atoms with Crippen LogP contribution in [0.4, 0.5) is 0 Å². The molecule has 6 heavy (non-hydrogen) atoms. The summed E-state index contributed by atoms with van der Waals surface area (Å²) in [6, 6.07) is 0. The molecule has 1 aliphatic heterocycles. The van der Waals surface area contributed by atoms with E-state index in [0.29, 0.717) is 0 Å². The highest BCUT2D eigenvalue weighted by molar-refractivity contribution is 8.17. The lowest BCUT2D eigenvalue weighted by atomic mass is 11.0. The van der Waals surface area contributed by atoms with Crippen LogP contribution in [0.3, 0.4) is 0 Å².